The van der Waals surface area contributed by atoms with Crippen LogP contribution in [0.3, 0.4) is 0 Å². The Bertz CT molecular complexity index is 232. The molecule has 0 aliphatic rings. The van der Waals surface area contributed by atoms with E-state index >= 15 is 0 Å². The second-order valence-corrected chi connectivity index (χ2v) is 8.75. The van der Waals surface area contributed by atoms with Crippen LogP contribution in [-0.4, -0.2) is 31.7 Å². The fourth-order valence-electron chi connectivity index (χ4n) is 3.20. The van der Waals surface area contributed by atoms with Crippen LogP contribution in [0.5, 0.6) is 0 Å². The molecule has 140 valence electrons. The van der Waals surface area contributed by atoms with Crippen LogP contribution >= 0.6 is 0 Å². The average Bonchev–Trinajstić information content (AvgIpc) is 2.50. The topological polar surface area (TPSA) is 0 Å². The van der Waals surface area contributed by atoms with Crippen LogP contribution in [-0.2, 0) is 0 Å². The van der Waals surface area contributed by atoms with Gasteiger partial charge in [-0.1, -0.05) is 90.9 Å². The lowest BCUT2D eigenvalue weighted by Crippen LogP contribution is -2.39. The molecule has 0 N–H and O–H groups in total. The first-order valence-corrected chi connectivity index (χ1v) is 10.8. The monoisotopic (exact) mass is 326 g/mol. The first-order valence-electron chi connectivity index (χ1n) is 10.8. The standard InChI is InChI=1S/C22H48N/c1-6-23(4,5)21-19-17-15-13-11-9-7-8-10-12-14-16-18-20-22(2)3/h22H,6-21H2,1-5H3/q+1. The van der Waals surface area contributed by atoms with Crippen molar-refractivity contribution in [3.05, 3.63) is 0 Å². The van der Waals surface area contributed by atoms with Gasteiger partial charge < -0.3 is 4.48 Å². The van der Waals surface area contributed by atoms with Gasteiger partial charge in [0.15, 0.2) is 0 Å². The smallest absolute Gasteiger partial charge is 0.0782 e. The minimum atomic E-state index is 0.896. The Morgan fingerprint density at radius 3 is 1.26 bits per heavy atom. The first-order chi connectivity index (χ1) is 11.0. The molecule has 0 atom stereocenters. The lowest BCUT2D eigenvalue weighted by atomic mass is 10.0. The molecule has 0 aromatic carbocycles. The molecule has 1 nitrogen and oxygen atoms in total. The lowest BCUT2D eigenvalue weighted by molar-refractivity contribution is -0.888. The molecule has 0 unspecified atom stereocenters. The Labute approximate surface area is 148 Å². The number of nitrogens with zero attached hydrogens (tertiary/aromatic N) is 1. The molecular formula is C22H48N+. The Hall–Kier alpha value is -0.0400. The number of hydrogen-bond acceptors (Lipinski definition) is 0. The molecule has 1 heteroatoms. The predicted molar refractivity (Wildman–Crippen MR) is 107 cm³/mol. The molecule has 0 aromatic rings. The van der Waals surface area contributed by atoms with Crippen LogP contribution in [0, 0.1) is 5.92 Å². The van der Waals surface area contributed by atoms with E-state index < -0.39 is 0 Å². The Kier molecular flexibility index (Phi) is 15.5. The van der Waals surface area contributed by atoms with E-state index in [1.165, 1.54) is 107 Å². The van der Waals surface area contributed by atoms with Crippen molar-refractivity contribution in [1.29, 1.82) is 0 Å². The molecule has 0 aromatic heterocycles. The van der Waals surface area contributed by atoms with Gasteiger partial charge in [-0.05, 0) is 25.7 Å². The Morgan fingerprint density at radius 1 is 0.565 bits per heavy atom. The van der Waals surface area contributed by atoms with Crippen LogP contribution in [0.15, 0.2) is 0 Å². The molecule has 0 heterocycles. The summed E-state index contributed by atoms with van der Waals surface area (Å²) in [6.07, 6.45) is 20.5. The molecule has 0 saturated carbocycles. The average molecular weight is 327 g/mol. The van der Waals surface area contributed by atoms with Crippen LogP contribution in [0.2, 0.25) is 0 Å². The first kappa shape index (κ1) is 23.0. The van der Waals surface area contributed by atoms with Crippen molar-refractivity contribution in [3.63, 3.8) is 0 Å². The fraction of sp³-hybridized carbons (Fsp3) is 1.00. The molecule has 0 aliphatic carbocycles. The van der Waals surface area contributed by atoms with Gasteiger partial charge in [-0.2, -0.15) is 0 Å². The summed E-state index contributed by atoms with van der Waals surface area (Å²) in [7, 11) is 4.70. The van der Waals surface area contributed by atoms with Gasteiger partial charge in [0, 0.05) is 0 Å². The lowest BCUT2D eigenvalue weighted by Gasteiger charge is -2.28. The van der Waals surface area contributed by atoms with Gasteiger partial charge >= 0.3 is 0 Å². The number of unbranched alkanes of at least 4 members (excludes halogenated alkanes) is 12. The number of rotatable bonds is 17. The van der Waals surface area contributed by atoms with Crippen molar-refractivity contribution in [1.82, 2.24) is 0 Å². The van der Waals surface area contributed by atoms with Crippen LogP contribution < -0.4 is 0 Å². The third kappa shape index (κ3) is 18.1. The highest BCUT2D eigenvalue weighted by molar-refractivity contribution is 4.51. The van der Waals surface area contributed by atoms with E-state index in [4.69, 9.17) is 0 Å². The molecular weight excluding hydrogens is 278 g/mol. The molecule has 0 fully saturated rings. The van der Waals surface area contributed by atoms with E-state index in [9.17, 15) is 0 Å². The van der Waals surface area contributed by atoms with Crippen molar-refractivity contribution in [3.8, 4) is 0 Å². The summed E-state index contributed by atoms with van der Waals surface area (Å²) in [6, 6.07) is 0. The maximum Gasteiger partial charge on any atom is 0.0782 e. The highest BCUT2D eigenvalue weighted by Gasteiger charge is 2.09. The van der Waals surface area contributed by atoms with E-state index in [0.29, 0.717) is 0 Å². The highest BCUT2D eigenvalue weighted by Crippen LogP contribution is 2.14. The minimum Gasteiger partial charge on any atom is -0.329 e. The SMILES string of the molecule is CC[N+](C)(C)CCCCCCCCCCCCCCCC(C)C. The van der Waals surface area contributed by atoms with E-state index in [-0.39, 0.29) is 0 Å². The second-order valence-electron chi connectivity index (χ2n) is 8.75. The number of hydrogen-bond donors (Lipinski definition) is 0. The molecule has 0 bridgehead atoms. The maximum absolute atomic E-state index is 2.35. The normalized spacial score (nSPS) is 12.3. The fourth-order valence-corrected chi connectivity index (χ4v) is 3.20. The van der Waals surface area contributed by atoms with Gasteiger partial charge in [-0.3, -0.25) is 0 Å². The van der Waals surface area contributed by atoms with Gasteiger partial charge in [0.25, 0.3) is 0 Å². The molecule has 0 amide bonds. The zero-order valence-corrected chi connectivity index (χ0v) is 17.3. The van der Waals surface area contributed by atoms with Crippen molar-refractivity contribution >= 4 is 0 Å². The summed E-state index contributed by atoms with van der Waals surface area (Å²) in [5.41, 5.74) is 0. The molecule has 0 radical (unpaired) electrons. The molecule has 0 spiro atoms. The summed E-state index contributed by atoms with van der Waals surface area (Å²) in [6.45, 7) is 9.59. The Morgan fingerprint density at radius 2 is 0.913 bits per heavy atom. The minimum absolute atomic E-state index is 0.896. The van der Waals surface area contributed by atoms with Gasteiger partial charge in [0.2, 0.25) is 0 Å². The van der Waals surface area contributed by atoms with Gasteiger partial charge in [0.1, 0.15) is 0 Å². The summed E-state index contributed by atoms with van der Waals surface area (Å²) in [5.74, 6) is 0.896. The zero-order chi connectivity index (χ0) is 17.4. The van der Waals surface area contributed by atoms with E-state index in [1.54, 1.807) is 0 Å². The van der Waals surface area contributed by atoms with Gasteiger partial charge in [-0.25, -0.2) is 0 Å². The van der Waals surface area contributed by atoms with Crippen molar-refractivity contribution < 1.29 is 4.48 Å². The summed E-state index contributed by atoms with van der Waals surface area (Å²) >= 11 is 0. The molecule has 23 heavy (non-hydrogen) atoms. The number of quaternary nitrogens is 1. The van der Waals surface area contributed by atoms with Gasteiger partial charge in [0.05, 0.1) is 27.2 Å². The van der Waals surface area contributed by atoms with Crippen molar-refractivity contribution in [2.45, 2.75) is 111 Å². The van der Waals surface area contributed by atoms with Crippen LogP contribution in [0.1, 0.15) is 111 Å². The third-order valence-electron chi connectivity index (χ3n) is 5.40. The molecule has 0 aliphatic heterocycles. The Balaban J connectivity index is 3.08. The van der Waals surface area contributed by atoms with Crippen molar-refractivity contribution in [2.24, 2.45) is 5.92 Å². The van der Waals surface area contributed by atoms with E-state index in [0.717, 1.165) is 5.92 Å². The summed E-state index contributed by atoms with van der Waals surface area (Å²) in [5, 5.41) is 0. The zero-order valence-electron chi connectivity index (χ0n) is 17.3. The van der Waals surface area contributed by atoms with Crippen LogP contribution in [0.4, 0.5) is 0 Å². The summed E-state index contributed by atoms with van der Waals surface area (Å²) < 4.78 is 1.19. The quantitative estimate of drug-likeness (QED) is 0.196. The second kappa shape index (κ2) is 15.5. The van der Waals surface area contributed by atoms with Crippen LogP contribution in [0.25, 0.3) is 0 Å². The predicted octanol–water partition coefficient (Wildman–Crippen LogP) is 7.20. The van der Waals surface area contributed by atoms with Crippen molar-refractivity contribution in [2.75, 3.05) is 27.2 Å². The van der Waals surface area contributed by atoms with E-state index in [1.807, 2.05) is 0 Å². The largest absolute Gasteiger partial charge is 0.329 e. The maximum atomic E-state index is 2.35. The molecule has 0 rings (SSSR count). The highest BCUT2D eigenvalue weighted by atomic mass is 15.3. The molecule has 0 saturated heterocycles. The third-order valence-corrected chi connectivity index (χ3v) is 5.40. The van der Waals surface area contributed by atoms with E-state index in [2.05, 4.69) is 34.9 Å². The summed E-state index contributed by atoms with van der Waals surface area (Å²) in [4.78, 5) is 0. The van der Waals surface area contributed by atoms with Gasteiger partial charge in [-0.15, -0.1) is 0 Å².